The van der Waals surface area contributed by atoms with Crippen molar-refractivity contribution in [1.29, 1.82) is 0 Å². The van der Waals surface area contributed by atoms with Gasteiger partial charge in [0.2, 0.25) is 0 Å². The highest BCUT2D eigenvalue weighted by atomic mass is 16.5. The predicted molar refractivity (Wildman–Crippen MR) is 73.5 cm³/mol. The van der Waals surface area contributed by atoms with E-state index in [4.69, 9.17) is 4.74 Å². The highest BCUT2D eigenvalue weighted by molar-refractivity contribution is 5.06. The summed E-state index contributed by atoms with van der Waals surface area (Å²) in [6, 6.07) is 6.50. The average molecular weight is 248 g/mol. The molecular formula is C15H24N2O. The van der Waals surface area contributed by atoms with Gasteiger partial charge in [0.05, 0.1) is 6.10 Å². The molecule has 3 nitrogen and oxygen atoms in total. The standard InChI is InChI=1S/C15H24N2O/c1-3-8-17-14(15-12(2)7-10-18-15)11-13-6-4-5-9-16-13/h4-6,9,12,14-15,17H,3,7-8,10-11H2,1-2H3. The van der Waals surface area contributed by atoms with Crippen LogP contribution in [0.4, 0.5) is 0 Å². The zero-order chi connectivity index (χ0) is 12.8. The minimum atomic E-state index is 0.332. The van der Waals surface area contributed by atoms with Crippen molar-refractivity contribution in [3.63, 3.8) is 0 Å². The van der Waals surface area contributed by atoms with Gasteiger partial charge in [-0.3, -0.25) is 4.98 Å². The summed E-state index contributed by atoms with van der Waals surface area (Å²) >= 11 is 0. The molecule has 2 heterocycles. The molecule has 0 saturated carbocycles. The zero-order valence-corrected chi connectivity index (χ0v) is 11.4. The average Bonchev–Trinajstić information content (AvgIpc) is 2.82. The Morgan fingerprint density at radius 3 is 3.00 bits per heavy atom. The van der Waals surface area contributed by atoms with Crippen LogP contribution in [0.5, 0.6) is 0 Å². The van der Waals surface area contributed by atoms with Crippen molar-refractivity contribution in [2.75, 3.05) is 13.2 Å². The summed E-state index contributed by atoms with van der Waals surface area (Å²) in [5.41, 5.74) is 1.15. The summed E-state index contributed by atoms with van der Waals surface area (Å²) in [5.74, 6) is 0.642. The Morgan fingerprint density at radius 2 is 2.39 bits per heavy atom. The molecule has 0 amide bonds. The van der Waals surface area contributed by atoms with E-state index >= 15 is 0 Å². The maximum atomic E-state index is 5.91. The quantitative estimate of drug-likeness (QED) is 0.839. The van der Waals surface area contributed by atoms with E-state index in [0.29, 0.717) is 18.1 Å². The van der Waals surface area contributed by atoms with Gasteiger partial charge in [-0.1, -0.05) is 19.9 Å². The molecule has 0 aliphatic carbocycles. The smallest absolute Gasteiger partial charge is 0.0758 e. The Hall–Kier alpha value is -0.930. The Labute approximate surface area is 110 Å². The number of ether oxygens (including phenoxy) is 1. The van der Waals surface area contributed by atoms with Crippen LogP contribution in [0.3, 0.4) is 0 Å². The van der Waals surface area contributed by atoms with Crippen LogP contribution in [0.2, 0.25) is 0 Å². The highest BCUT2D eigenvalue weighted by Crippen LogP contribution is 2.24. The van der Waals surface area contributed by atoms with Crippen molar-refractivity contribution in [2.45, 2.75) is 45.3 Å². The lowest BCUT2D eigenvalue weighted by Gasteiger charge is -2.27. The maximum Gasteiger partial charge on any atom is 0.0758 e. The molecule has 3 unspecified atom stereocenters. The van der Waals surface area contributed by atoms with E-state index in [2.05, 4.69) is 36.3 Å². The third kappa shape index (κ3) is 3.53. The van der Waals surface area contributed by atoms with Crippen molar-refractivity contribution in [3.8, 4) is 0 Å². The topological polar surface area (TPSA) is 34.2 Å². The molecule has 1 fully saturated rings. The molecule has 1 aliphatic heterocycles. The number of aromatic nitrogens is 1. The van der Waals surface area contributed by atoms with E-state index in [-0.39, 0.29) is 0 Å². The van der Waals surface area contributed by atoms with Gasteiger partial charge in [0, 0.05) is 31.0 Å². The number of hydrogen-bond donors (Lipinski definition) is 1. The molecule has 1 aliphatic rings. The lowest BCUT2D eigenvalue weighted by Crippen LogP contribution is -2.44. The van der Waals surface area contributed by atoms with Gasteiger partial charge in [-0.25, -0.2) is 0 Å². The summed E-state index contributed by atoms with van der Waals surface area (Å²) in [5, 5.41) is 3.63. The minimum absolute atomic E-state index is 0.332. The SMILES string of the molecule is CCCNC(Cc1ccccn1)C1OCCC1C. The zero-order valence-electron chi connectivity index (χ0n) is 11.4. The third-order valence-electron chi connectivity index (χ3n) is 3.65. The van der Waals surface area contributed by atoms with E-state index in [1.807, 2.05) is 12.3 Å². The molecule has 1 N–H and O–H groups in total. The Morgan fingerprint density at radius 1 is 1.50 bits per heavy atom. The fraction of sp³-hybridized carbons (Fsp3) is 0.667. The van der Waals surface area contributed by atoms with E-state index in [1.54, 1.807) is 0 Å². The minimum Gasteiger partial charge on any atom is -0.376 e. The van der Waals surface area contributed by atoms with Crippen LogP contribution in [-0.4, -0.2) is 30.3 Å². The van der Waals surface area contributed by atoms with Gasteiger partial charge in [-0.2, -0.15) is 0 Å². The monoisotopic (exact) mass is 248 g/mol. The summed E-state index contributed by atoms with van der Waals surface area (Å²) < 4.78 is 5.91. The van der Waals surface area contributed by atoms with Crippen molar-refractivity contribution in [2.24, 2.45) is 5.92 Å². The molecule has 2 rings (SSSR count). The van der Waals surface area contributed by atoms with E-state index in [9.17, 15) is 0 Å². The number of pyridine rings is 1. The van der Waals surface area contributed by atoms with Crippen LogP contribution in [0.25, 0.3) is 0 Å². The van der Waals surface area contributed by atoms with Crippen molar-refractivity contribution < 1.29 is 4.74 Å². The van der Waals surface area contributed by atoms with Crippen LogP contribution in [-0.2, 0) is 11.2 Å². The van der Waals surface area contributed by atoms with E-state index in [0.717, 1.165) is 31.7 Å². The maximum absolute atomic E-state index is 5.91. The second-order valence-corrected chi connectivity index (χ2v) is 5.19. The van der Waals surface area contributed by atoms with Gasteiger partial charge < -0.3 is 10.1 Å². The molecule has 1 aromatic heterocycles. The molecular weight excluding hydrogens is 224 g/mol. The Kier molecular flexibility index (Phi) is 5.14. The number of nitrogens with zero attached hydrogens (tertiary/aromatic N) is 1. The van der Waals surface area contributed by atoms with Crippen LogP contribution in [0.1, 0.15) is 32.4 Å². The first kappa shape index (κ1) is 13.5. The number of hydrogen-bond acceptors (Lipinski definition) is 3. The van der Waals surface area contributed by atoms with E-state index in [1.165, 1.54) is 6.42 Å². The van der Waals surface area contributed by atoms with Crippen LogP contribution >= 0.6 is 0 Å². The van der Waals surface area contributed by atoms with Crippen LogP contribution in [0, 0.1) is 5.92 Å². The molecule has 0 bridgehead atoms. The molecule has 3 heteroatoms. The molecule has 0 aromatic carbocycles. The van der Waals surface area contributed by atoms with Gasteiger partial charge in [0.15, 0.2) is 0 Å². The molecule has 0 spiro atoms. The summed E-state index contributed by atoms with van der Waals surface area (Å²) in [7, 11) is 0. The molecule has 1 aromatic rings. The van der Waals surface area contributed by atoms with Gasteiger partial charge in [-0.15, -0.1) is 0 Å². The fourth-order valence-electron chi connectivity index (χ4n) is 2.61. The second-order valence-electron chi connectivity index (χ2n) is 5.19. The van der Waals surface area contributed by atoms with Gasteiger partial charge in [0.1, 0.15) is 0 Å². The van der Waals surface area contributed by atoms with Crippen LogP contribution < -0.4 is 5.32 Å². The first-order valence-corrected chi connectivity index (χ1v) is 7.06. The lowest BCUT2D eigenvalue weighted by molar-refractivity contribution is 0.0607. The van der Waals surface area contributed by atoms with Crippen molar-refractivity contribution >= 4 is 0 Å². The lowest BCUT2D eigenvalue weighted by atomic mass is 9.94. The normalized spacial score (nSPS) is 25.2. The van der Waals surface area contributed by atoms with E-state index < -0.39 is 0 Å². The van der Waals surface area contributed by atoms with Crippen LogP contribution in [0.15, 0.2) is 24.4 Å². The molecule has 18 heavy (non-hydrogen) atoms. The first-order valence-electron chi connectivity index (χ1n) is 7.06. The Balaban J connectivity index is 2.00. The second kappa shape index (κ2) is 6.86. The molecule has 1 saturated heterocycles. The van der Waals surface area contributed by atoms with Gasteiger partial charge >= 0.3 is 0 Å². The first-order chi connectivity index (χ1) is 8.81. The molecule has 100 valence electrons. The summed E-state index contributed by atoms with van der Waals surface area (Å²) in [6.07, 6.45) is 5.48. The fourth-order valence-corrected chi connectivity index (χ4v) is 2.61. The highest BCUT2D eigenvalue weighted by Gasteiger charge is 2.31. The van der Waals surface area contributed by atoms with Crippen molar-refractivity contribution in [1.82, 2.24) is 10.3 Å². The van der Waals surface area contributed by atoms with Crippen molar-refractivity contribution in [3.05, 3.63) is 30.1 Å². The third-order valence-corrected chi connectivity index (χ3v) is 3.65. The largest absolute Gasteiger partial charge is 0.376 e. The summed E-state index contributed by atoms with van der Waals surface area (Å²) in [6.45, 7) is 6.43. The Bertz CT molecular complexity index is 342. The summed E-state index contributed by atoms with van der Waals surface area (Å²) in [4.78, 5) is 4.43. The van der Waals surface area contributed by atoms with Gasteiger partial charge in [0.25, 0.3) is 0 Å². The predicted octanol–water partition coefficient (Wildman–Crippen LogP) is 2.42. The molecule has 3 atom stereocenters. The number of nitrogens with one attached hydrogen (secondary N) is 1. The van der Waals surface area contributed by atoms with Gasteiger partial charge in [-0.05, 0) is 37.4 Å². The molecule has 0 radical (unpaired) electrons. The number of rotatable bonds is 6.